The van der Waals surface area contributed by atoms with E-state index in [4.69, 9.17) is 13.6 Å². The second-order valence-electron chi connectivity index (χ2n) is 5.88. The van der Waals surface area contributed by atoms with Gasteiger partial charge in [0.1, 0.15) is 0 Å². The van der Waals surface area contributed by atoms with Gasteiger partial charge in [0.2, 0.25) is 0 Å². The number of aromatic nitrogens is 2. The van der Waals surface area contributed by atoms with E-state index < -0.39 is 0 Å². The Balaban J connectivity index is 1.32. The highest BCUT2D eigenvalue weighted by atomic mass is 16.5. The summed E-state index contributed by atoms with van der Waals surface area (Å²) in [6.45, 7) is -0.0748. The molecule has 4 aromatic rings. The third kappa shape index (κ3) is 4.12. The second kappa shape index (κ2) is 7.70. The maximum absolute atomic E-state index is 12.0. The fourth-order valence-corrected chi connectivity index (χ4v) is 2.62. The van der Waals surface area contributed by atoms with Crippen LogP contribution in [0.4, 0.5) is 0 Å². The minimum absolute atomic E-state index is 0.0748. The Morgan fingerprint density at radius 1 is 0.889 bits per heavy atom. The maximum Gasteiger partial charge on any atom is 0.310 e. The third-order valence-electron chi connectivity index (χ3n) is 3.96. The van der Waals surface area contributed by atoms with Crippen LogP contribution in [0.3, 0.4) is 0 Å². The van der Waals surface area contributed by atoms with Gasteiger partial charge >= 0.3 is 5.97 Å². The first-order valence-corrected chi connectivity index (χ1v) is 8.44. The summed E-state index contributed by atoms with van der Waals surface area (Å²) in [4.78, 5) is 12.0. The zero-order valence-corrected chi connectivity index (χ0v) is 14.4. The maximum atomic E-state index is 12.0. The number of rotatable bonds is 6. The highest BCUT2D eigenvalue weighted by molar-refractivity contribution is 5.73. The minimum atomic E-state index is -0.361. The van der Waals surface area contributed by atoms with Gasteiger partial charge in [0.05, 0.1) is 12.7 Å². The van der Waals surface area contributed by atoms with Crippen LogP contribution in [0.5, 0.6) is 0 Å². The van der Waals surface area contributed by atoms with Crippen molar-refractivity contribution in [3.63, 3.8) is 0 Å². The van der Waals surface area contributed by atoms with Crippen LogP contribution in [0.25, 0.3) is 22.8 Å². The van der Waals surface area contributed by atoms with Crippen molar-refractivity contribution in [3.05, 3.63) is 84.4 Å². The van der Waals surface area contributed by atoms with Crippen molar-refractivity contribution < 1.29 is 18.4 Å². The number of nitrogens with zero attached hydrogens (tertiary/aromatic N) is 2. The standard InChI is InChI=1S/C21H16N2O4/c24-20(26-14-19-22-23-21(27-19)18-7-4-12-25-18)13-15-8-10-17(11-9-15)16-5-2-1-3-6-16/h1-12H,13-14H2. The van der Waals surface area contributed by atoms with Gasteiger partial charge in [0, 0.05) is 0 Å². The summed E-state index contributed by atoms with van der Waals surface area (Å²) in [5, 5.41) is 7.70. The first-order valence-electron chi connectivity index (χ1n) is 8.44. The molecule has 0 aliphatic rings. The van der Waals surface area contributed by atoms with Crippen molar-refractivity contribution in [2.24, 2.45) is 0 Å². The van der Waals surface area contributed by atoms with Crippen LogP contribution < -0.4 is 0 Å². The molecule has 0 unspecified atom stereocenters. The van der Waals surface area contributed by atoms with Gasteiger partial charge in [-0.05, 0) is 28.8 Å². The summed E-state index contributed by atoms with van der Waals surface area (Å²) in [5.74, 6) is 0.579. The highest BCUT2D eigenvalue weighted by Gasteiger charge is 2.13. The molecule has 134 valence electrons. The van der Waals surface area contributed by atoms with Crippen LogP contribution in [0, 0.1) is 0 Å². The number of carbonyl (C=O) groups excluding carboxylic acids is 1. The average molecular weight is 360 g/mol. The Morgan fingerprint density at radius 2 is 1.67 bits per heavy atom. The molecule has 0 bridgehead atoms. The quantitative estimate of drug-likeness (QED) is 0.478. The van der Waals surface area contributed by atoms with Crippen LogP contribution >= 0.6 is 0 Å². The predicted octanol–water partition coefficient (Wildman–Crippen LogP) is 4.28. The molecule has 0 atom stereocenters. The van der Waals surface area contributed by atoms with Gasteiger partial charge in [-0.2, -0.15) is 0 Å². The van der Waals surface area contributed by atoms with Gasteiger partial charge in [-0.15, -0.1) is 10.2 Å². The summed E-state index contributed by atoms with van der Waals surface area (Å²) >= 11 is 0. The molecule has 0 fully saturated rings. The number of benzene rings is 2. The molecule has 0 N–H and O–H groups in total. The minimum Gasteiger partial charge on any atom is -0.459 e. The third-order valence-corrected chi connectivity index (χ3v) is 3.96. The average Bonchev–Trinajstić information content (AvgIpc) is 3.39. The lowest BCUT2D eigenvalue weighted by Gasteiger charge is -2.05. The lowest BCUT2D eigenvalue weighted by Crippen LogP contribution is -2.08. The molecule has 0 aliphatic heterocycles. The largest absolute Gasteiger partial charge is 0.459 e. The lowest BCUT2D eigenvalue weighted by molar-refractivity contribution is -0.144. The van der Waals surface area contributed by atoms with E-state index in [-0.39, 0.29) is 30.8 Å². The van der Waals surface area contributed by atoms with E-state index in [1.165, 1.54) is 6.26 Å². The Morgan fingerprint density at radius 3 is 2.41 bits per heavy atom. The molecule has 0 saturated carbocycles. The van der Waals surface area contributed by atoms with E-state index in [0.29, 0.717) is 5.76 Å². The Labute approximate surface area is 155 Å². The molecule has 2 aromatic heterocycles. The van der Waals surface area contributed by atoms with Gasteiger partial charge in [-0.3, -0.25) is 4.79 Å². The first-order chi connectivity index (χ1) is 13.3. The number of ether oxygens (including phenoxy) is 1. The van der Waals surface area contributed by atoms with Crippen LogP contribution in [0.1, 0.15) is 11.5 Å². The molecule has 0 amide bonds. The fraction of sp³-hybridized carbons (Fsp3) is 0.0952. The van der Waals surface area contributed by atoms with Gasteiger partial charge in [-0.25, -0.2) is 0 Å². The van der Waals surface area contributed by atoms with E-state index in [0.717, 1.165) is 16.7 Å². The summed E-state index contributed by atoms with van der Waals surface area (Å²) in [6.07, 6.45) is 1.69. The topological polar surface area (TPSA) is 78.4 Å². The van der Waals surface area contributed by atoms with Gasteiger partial charge in [0.15, 0.2) is 12.4 Å². The number of furan rings is 1. The number of hydrogen-bond acceptors (Lipinski definition) is 6. The van der Waals surface area contributed by atoms with Gasteiger partial charge in [0.25, 0.3) is 11.8 Å². The summed E-state index contributed by atoms with van der Waals surface area (Å²) < 4.78 is 15.8. The van der Waals surface area contributed by atoms with E-state index in [1.807, 2.05) is 54.6 Å². The molecule has 0 saturated heterocycles. The first kappa shape index (κ1) is 16.8. The summed E-state index contributed by atoms with van der Waals surface area (Å²) in [5.41, 5.74) is 3.11. The van der Waals surface area contributed by atoms with Gasteiger partial charge in [-0.1, -0.05) is 54.6 Å². The van der Waals surface area contributed by atoms with Crippen LogP contribution in [-0.2, 0) is 22.6 Å². The van der Waals surface area contributed by atoms with Crippen molar-refractivity contribution in [3.8, 4) is 22.8 Å². The zero-order chi connectivity index (χ0) is 18.5. The van der Waals surface area contributed by atoms with Crippen molar-refractivity contribution in [1.82, 2.24) is 10.2 Å². The molecular weight excluding hydrogens is 344 g/mol. The molecule has 4 rings (SSSR count). The van der Waals surface area contributed by atoms with E-state index in [9.17, 15) is 4.79 Å². The SMILES string of the molecule is O=C(Cc1ccc(-c2ccccc2)cc1)OCc1nnc(-c2ccco2)o1. The van der Waals surface area contributed by atoms with Crippen LogP contribution in [0.2, 0.25) is 0 Å². The molecule has 2 heterocycles. The Hall–Kier alpha value is -3.67. The number of hydrogen-bond donors (Lipinski definition) is 0. The molecule has 27 heavy (non-hydrogen) atoms. The van der Waals surface area contributed by atoms with Crippen LogP contribution in [0.15, 0.2) is 81.8 Å². The van der Waals surface area contributed by atoms with Crippen molar-refractivity contribution in [2.75, 3.05) is 0 Å². The Kier molecular flexibility index (Phi) is 4.78. The molecule has 0 radical (unpaired) electrons. The number of carbonyl (C=O) groups is 1. The second-order valence-corrected chi connectivity index (χ2v) is 5.88. The summed E-state index contributed by atoms with van der Waals surface area (Å²) in [7, 11) is 0. The molecule has 6 heteroatoms. The lowest BCUT2D eigenvalue weighted by atomic mass is 10.0. The van der Waals surface area contributed by atoms with E-state index in [1.54, 1.807) is 12.1 Å². The Bertz CT molecular complexity index is 1010. The molecular formula is C21H16N2O4. The predicted molar refractivity (Wildman–Crippen MR) is 97.4 cm³/mol. The highest BCUT2D eigenvalue weighted by Crippen LogP contribution is 2.20. The molecule has 0 spiro atoms. The van der Waals surface area contributed by atoms with Crippen molar-refractivity contribution in [2.45, 2.75) is 13.0 Å². The molecule has 6 nitrogen and oxygen atoms in total. The molecule has 2 aromatic carbocycles. The number of esters is 1. The van der Waals surface area contributed by atoms with Crippen molar-refractivity contribution >= 4 is 5.97 Å². The monoisotopic (exact) mass is 360 g/mol. The van der Waals surface area contributed by atoms with E-state index >= 15 is 0 Å². The van der Waals surface area contributed by atoms with Gasteiger partial charge < -0.3 is 13.6 Å². The van der Waals surface area contributed by atoms with E-state index in [2.05, 4.69) is 10.2 Å². The summed E-state index contributed by atoms with van der Waals surface area (Å²) in [6, 6.07) is 21.3. The smallest absolute Gasteiger partial charge is 0.310 e. The normalized spacial score (nSPS) is 10.7. The molecule has 0 aliphatic carbocycles. The van der Waals surface area contributed by atoms with Crippen LogP contribution in [-0.4, -0.2) is 16.2 Å². The van der Waals surface area contributed by atoms with Crippen molar-refractivity contribution in [1.29, 1.82) is 0 Å². The fourth-order valence-electron chi connectivity index (χ4n) is 2.62. The zero-order valence-electron chi connectivity index (χ0n) is 14.4.